The van der Waals surface area contributed by atoms with Crippen LogP contribution in [0.5, 0.6) is 0 Å². The molecule has 0 saturated carbocycles. The molecule has 1 saturated heterocycles. The third-order valence-corrected chi connectivity index (χ3v) is 4.38. The Bertz CT molecular complexity index is 627. The molecule has 0 radical (unpaired) electrons. The summed E-state index contributed by atoms with van der Waals surface area (Å²) in [6, 6.07) is 6.13. The van der Waals surface area contributed by atoms with Crippen molar-refractivity contribution in [2.45, 2.75) is 12.2 Å². The Morgan fingerprint density at radius 1 is 1.26 bits per heavy atom. The molecule has 1 aliphatic heterocycles. The van der Waals surface area contributed by atoms with Crippen LogP contribution in [0.15, 0.2) is 24.3 Å². The molecule has 1 fully saturated rings. The predicted octanol–water partition coefficient (Wildman–Crippen LogP) is -0.0553. The third-order valence-electron chi connectivity index (χ3n) is 2.75. The second kappa shape index (κ2) is 4.88. The number of sulfonamides is 1. The number of aryl methyl sites for hydroxylation is 1. The highest BCUT2D eigenvalue weighted by Crippen LogP contribution is 2.17. The van der Waals surface area contributed by atoms with E-state index in [1.165, 1.54) is 0 Å². The first kappa shape index (κ1) is 13.3. The maximum Gasteiger partial charge on any atom is 0.321 e. The van der Waals surface area contributed by atoms with Crippen molar-refractivity contribution in [3.63, 3.8) is 0 Å². The number of imide groups is 1. The standard InChI is InChI=1S/C11H13N3O4S/c1-7-4-2-3-5-8(7)14-19(17,18)9-6-12-11(16)13-10(9)15/h2-5,9,14H,6H2,1H3,(H2,12,13,15,16). The second-order valence-corrected chi connectivity index (χ2v) is 6.01. The van der Waals surface area contributed by atoms with Gasteiger partial charge in [-0.2, -0.15) is 0 Å². The summed E-state index contributed by atoms with van der Waals surface area (Å²) in [7, 11) is -3.91. The van der Waals surface area contributed by atoms with Crippen LogP contribution >= 0.6 is 0 Å². The minimum absolute atomic E-state index is 0.244. The summed E-state index contributed by atoms with van der Waals surface area (Å²) in [6.07, 6.45) is 0. The molecule has 1 aromatic rings. The van der Waals surface area contributed by atoms with Crippen LogP contribution in [0, 0.1) is 6.92 Å². The van der Waals surface area contributed by atoms with Crippen molar-refractivity contribution in [1.29, 1.82) is 0 Å². The minimum atomic E-state index is -3.91. The first-order chi connectivity index (χ1) is 8.90. The Balaban J connectivity index is 2.22. The highest BCUT2D eigenvalue weighted by Gasteiger charge is 2.37. The summed E-state index contributed by atoms with van der Waals surface area (Å²) in [4.78, 5) is 22.4. The van der Waals surface area contributed by atoms with Gasteiger partial charge in [0.2, 0.25) is 15.9 Å². The zero-order chi connectivity index (χ0) is 14.0. The van der Waals surface area contributed by atoms with Crippen LogP contribution in [0.1, 0.15) is 5.56 Å². The Kier molecular flexibility index (Phi) is 3.43. The molecule has 1 unspecified atom stereocenters. The molecule has 3 N–H and O–H groups in total. The highest BCUT2D eigenvalue weighted by atomic mass is 32.2. The lowest BCUT2D eigenvalue weighted by Crippen LogP contribution is -2.58. The van der Waals surface area contributed by atoms with Gasteiger partial charge in [0.25, 0.3) is 0 Å². The molecule has 2 rings (SSSR count). The van der Waals surface area contributed by atoms with Gasteiger partial charge in [-0.25, -0.2) is 13.2 Å². The number of anilines is 1. The molecular formula is C11H13N3O4S. The molecule has 1 aromatic carbocycles. The van der Waals surface area contributed by atoms with Crippen molar-refractivity contribution in [2.24, 2.45) is 0 Å². The maximum atomic E-state index is 12.1. The van der Waals surface area contributed by atoms with E-state index >= 15 is 0 Å². The van der Waals surface area contributed by atoms with Gasteiger partial charge < -0.3 is 5.32 Å². The van der Waals surface area contributed by atoms with Crippen molar-refractivity contribution in [2.75, 3.05) is 11.3 Å². The van der Waals surface area contributed by atoms with Crippen molar-refractivity contribution >= 4 is 27.6 Å². The second-order valence-electron chi connectivity index (χ2n) is 4.15. The zero-order valence-electron chi connectivity index (χ0n) is 10.1. The van der Waals surface area contributed by atoms with Crippen LogP contribution in [0.3, 0.4) is 0 Å². The van der Waals surface area contributed by atoms with Gasteiger partial charge in [-0.15, -0.1) is 0 Å². The van der Waals surface area contributed by atoms with Gasteiger partial charge in [0.15, 0.2) is 5.25 Å². The lowest BCUT2D eigenvalue weighted by atomic mass is 10.2. The van der Waals surface area contributed by atoms with E-state index in [0.717, 1.165) is 5.56 Å². The van der Waals surface area contributed by atoms with E-state index in [-0.39, 0.29) is 6.54 Å². The number of urea groups is 1. The van der Waals surface area contributed by atoms with Crippen LogP contribution < -0.4 is 15.4 Å². The third kappa shape index (κ3) is 2.84. The first-order valence-electron chi connectivity index (χ1n) is 5.56. The van der Waals surface area contributed by atoms with Crippen LogP contribution in [0.25, 0.3) is 0 Å². The van der Waals surface area contributed by atoms with Gasteiger partial charge in [0.05, 0.1) is 5.69 Å². The Morgan fingerprint density at radius 3 is 2.58 bits per heavy atom. The van der Waals surface area contributed by atoms with E-state index in [9.17, 15) is 18.0 Å². The van der Waals surface area contributed by atoms with Crippen molar-refractivity contribution in [3.8, 4) is 0 Å². The summed E-state index contributed by atoms with van der Waals surface area (Å²) in [5.74, 6) is -0.829. The first-order valence-corrected chi connectivity index (χ1v) is 7.11. The lowest BCUT2D eigenvalue weighted by molar-refractivity contribution is -0.120. The minimum Gasteiger partial charge on any atom is -0.336 e. The van der Waals surface area contributed by atoms with Crippen LogP contribution in [0.2, 0.25) is 0 Å². The van der Waals surface area contributed by atoms with Gasteiger partial charge in [-0.3, -0.25) is 14.8 Å². The maximum absolute atomic E-state index is 12.1. The number of nitrogens with one attached hydrogen (secondary N) is 3. The van der Waals surface area contributed by atoms with E-state index in [0.29, 0.717) is 5.69 Å². The van der Waals surface area contributed by atoms with Gasteiger partial charge in [0.1, 0.15) is 0 Å². The average Bonchev–Trinajstić information content (AvgIpc) is 2.31. The SMILES string of the molecule is Cc1ccccc1NS(=O)(=O)C1CNC(=O)NC1=O. The normalized spacial score (nSPS) is 19.5. The van der Waals surface area contributed by atoms with Gasteiger partial charge in [-0.05, 0) is 18.6 Å². The Labute approximate surface area is 110 Å². The number of rotatable bonds is 3. The Morgan fingerprint density at radius 2 is 1.95 bits per heavy atom. The number of carbonyl (C=O) groups excluding carboxylic acids is 2. The van der Waals surface area contributed by atoms with Crippen molar-refractivity contribution < 1.29 is 18.0 Å². The molecule has 1 heterocycles. The lowest BCUT2D eigenvalue weighted by Gasteiger charge is -2.23. The van der Waals surface area contributed by atoms with Crippen molar-refractivity contribution in [3.05, 3.63) is 29.8 Å². The van der Waals surface area contributed by atoms with Crippen LogP contribution in [-0.4, -0.2) is 32.2 Å². The van der Waals surface area contributed by atoms with Gasteiger partial charge in [0, 0.05) is 6.54 Å². The quantitative estimate of drug-likeness (QED) is 0.723. The molecule has 7 nitrogen and oxygen atoms in total. The fraction of sp³-hybridized carbons (Fsp3) is 0.273. The number of carbonyl (C=O) groups is 2. The molecule has 3 amide bonds. The summed E-state index contributed by atoms with van der Waals surface area (Å²) >= 11 is 0. The fourth-order valence-corrected chi connectivity index (χ4v) is 3.00. The molecule has 0 aromatic heterocycles. The van der Waals surface area contributed by atoms with E-state index in [4.69, 9.17) is 0 Å². The zero-order valence-corrected chi connectivity index (χ0v) is 11.0. The highest BCUT2D eigenvalue weighted by molar-refractivity contribution is 7.94. The predicted molar refractivity (Wildman–Crippen MR) is 69.1 cm³/mol. The number of hydrogen-bond donors (Lipinski definition) is 3. The average molecular weight is 283 g/mol. The van der Waals surface area contributed by atoms with Gasteiger partial charge in [-0.1, -0.05) is 18.2 Å². The molecule has 8 heteroatoms. The molecule has 0 spiro atoms. The number of benzene rings is 1. The molecule has 1 atom stereocenters. The molecular weight excluding hydrogens is 270 g/mol. The Hall–Kier alpha value is -2.09. The molecule has 0 aliphatic carbocycles. The largest absolute Gasteiger partial charge is 0.336 e. The van der Waals surface area contributed by atoms with Gasteiger partial charge >= 0.3 is 6.03 Å². The number of amides is 3. The van der Waals surface area contributed by atoms with Crippen LogP contribution in [-0.2, 0) is 14.8 Å². The van der Waals surface area contributed by atoms with Crippen molar-refractivity contribution in [1.82, 2.24) is 10.6 Å². The number of hydrogen-bond acceptors (Lipinski definition) is 4. The topological polar surface area (TPSA) is 104 Å². The van der Waals surface area contributed by atoms with E-state index < -0.39 is 27.2 Å². The van der Waals surface area contributed by atoms with E-state index in [1.54, 1.807) is 31.2 Å². The summed E-state index contributed by atoms with van der Waals surface area (Å²) in [6.45, 7) is 1.51. The summed E-state index contributed by atoms with van der Waals surface area (Å²) in [5.41, 5.74) is 1.15. The number of para-hydroxylation sites is 1. The molecule has 19 heavy (non-hydrogen) atoms. The van der Waals surface area contributed by atoms with Crippen LogP contribution in [0.4, 0.5) is 10.5 Å². The van der Waals surface area contributed by atoms with E-state index in [1.807, 2.05) is 5.32 Å². The fourth-order valence-electron chi connectivity index (χ4n) is 1.68. The summed E-state index contributed by atoms with van der Waals surface area (Å²) in [5, 5.41) is 2.86. The summed E-state index contributed by atoms with van der Waals surface area (Å²) < 4.78 is 26.6. The molecule has 102 valence electrons. The smallest absolute Gasteiger partial charge is 0.321 e. The molecule has 0 bridgehead atoms. The molecule has 1 aliphatic rings. The monoisotopic (exact) mass is 283 g/mol. The van der Waals surface area contributed by atoms with E-state index in [2.05, 4.69) is 10.0 Å².